The number of hydrogen-bond acceptors (Lipinski definition) is 3. The summed E-state index contributed by atoms with van der Waals surface area (Å²) in [5.74, 6) is -1.04. The van der Waals surface area contributed by atoms with E-state index >= 15 is 0 Å². The van der Waals surface area contributed by atoms with E-state index in [1.165, 1.54) is 6.07 Å². The summed E-state index contributed by atoms with van der Waals surface area (Å²) in [6, 6.07) is 4.02. The number of aromatic nitrogens is 1. The van der Waals surface area contributed by atoms with Crippen LogP contribution in [0.4, 0.5) is 8.78 Å². The van der Waals surface area contributed by atoms with Crippen LogP contribution in [-0.2, 0) is 16.0 Å². The van der Waals surface area contributed by atoms with Crippen molar-refractivity contribution in [1.29, 1.82) is 0 Å². The molecule has 0 bridgehead atoms. The van der Waals surface area contributed by atoms with E-state index in [0.717, 1.165) is 11.6 Å². The predicted molar refractivity (Wildman–Crippen MR) is 86.7 cm³/mol. The molecule has 2 aromatic rings. The molecule has 1 fully saturated rings. The summed E-state index contributed by atoms with van der Waals surface area (Å²) in [4.78, 5) is 18.0. The third-order valence-electron chi connectivity index (χ3n) is 4.41. The molecule has 0 spiro atoms. The van der Waals surface area contributed by atoms with Gasteiger partial charge in [0, 0.05) is 43.8 Å². The molecule has 1 atom stereocenters. The molecule has 3 rings (SSSR count). The highest BCUT2D eigenvalue weighted by Gasteiger charge is 2.29. The second-order valence-corrected chi connectivity index (χ2v) is 6.31. The minimum absolute atomic E-state index is 0.101. The van der Waals surface area contributed by atoms with Gasteiger partial charge in [-0.2, -0.15) is 0 Å². The molecule has 6 heteroatoms. The Labute approximate surface area is 139 Å². The number of fused-ring (bicyclic) bond motifs is 1. The van der Waals surface area contributed by atoms with Crippen LogP contribution >= 0.6 is 0 Å². The minimum Gasteiger partial charge on any atom is -0.383 e. The van der Waals surface area contributed by atoms with Crippen LogP contribution in [-0.4, -0.2) is 42.6 Å². The van der Waals surface area contributed by atoms with Gasteiger partial charge >= 0.3 is 0 Å². The first kappa shape index (κ1) is 16.8. The van der Waals surface area contributed by atoms with Gasteiger partial charge < -0.3 is 9.64 Å². The van der Waals surface area contributed by atoms with Gasteiger partial charge in [0.25, 0.3) is 0 Å². The smallest absolute Gasteiger partial charge is 0.223 e. The van der Waals surface area contributed by atoms with Crippen LogP contribution in [0.3, 0.4) is 0 Å². The van der Waals surface area contributed by atoms with Crippen molar-refractivity contribution in [1.82, 2.24) is 9.88 Å². The SMILES string of the molecule is COCCN1C[C@H](Cc2cc(C)nc3c(F)cc(F)cc23)CC1=O. The molecule has 1 amide bonds. The third kappa shape index (κ3) is 3.38. The monoisotopic (exact) mass is 334 g/mol. The van der Waals surface area contributed by atoms with Gasteiger partial charge in [0.05, 0.1) is 6.61 Å². The highest BCUT2D eigenvalue weighted by molar-refractivity contribution is 5.83. The van der Waals surface area contributed by atoms with Gasteiger partial charge in [0.2, 0.25) is 5.91 Å². The second-order valence-electron chi connectivity index (χ2n) is 6.31. The molecule has 24 heavy (non-hydrogen) atoms. The Morgan fingerprint density at radius 2 is 2.12 bits per heavy atom. The zero-order valence-corrected chi connectivity index (χ0v) is 13.8. The van der Waals surface area contributed by atoms with E-state index in [9.17, 15) is 13.6 Å². The Morgan fingerprint density at radius 1 is 1.33 bits per heavy atom. The van der Waals surface area contributed by atoms with Crippen LogP contribution in [0, 0.1) is 24.5 Å². The summed E-state index contributed by atoms with van der Waals surface area (Å²) in [6.07, 6.45) is 1.04. The van der Waals surface area contributed by atoms with Crippen LogP contribution in [0.25, 0.3) is 10.9 Å². The number of likely N-dealkylation sites (tertiary alicyclic amines) is 1. The lowest BCUT2D eigenvalue weighted by molar-refractivity contribution is -0.128. The minimum atomic E-state index is -0.654. The standard InChI is InChI=1S/C18H20F2N2O2/c1-11-5-13(15-8-14(19)9-16(20)18(15)21-11)6-12-7-17(23)22(10-12)3-4-24-2/h5,8-9,12H,3-4,6-7,10H2,1-2H3/t12-/m1/s1. The van der Waals surface area contributed by atoms with Crippen molar-refractivity contribution in [2.75, 3.05) is 26.8 Å². The zero-order chi connectivity index (χ0) is 17.3. The fourth-order valence-electron chi connectivity index (χ4n) is 3.35. The lowest BCUT2D eigenvalue weighted by Gasteiger charge is -2.16. The zero-order valence-electron chi connectivity index (χ0n) is 13.8. The van der Waals surface area contributed by atoms with E-state index in [0.29, 0.717) is 43.6 Å². The number of nitrogens with zero attached hydrogens (tertiary/aromatic N) is 2. The number of hydrogen-bond donors (Lipinski definition) is 0. The van der Waals surface area contributed by atoms with E-state index in [-0.39, 0.29) is 17.3 Å². The molecule has 1 aromatic heterocycles. The molecule has 0 unspecified atom stereocenters. The largest absolute Gasteiger partial charge is 0.383 e. The first-order chi connectivity index (χ1) is 11.5. The van der Waals surface area contributed by atoms with E-state index in [2.05, 4.69) is 4.98 Å². The summed E-state index contributed by atoms with van der Waals surface area (Å²) in [5.41, 5.74) is 1.71. The maximum absolute atomic E-state index is 14.0. The highest BCUT2D eigenvalue weighted by Crippen LogP contribution is 2.28. The molecule has 0 N–H and O–H groups in total. The Bertz CT molecular complexity index is 779. The lowest BCUT2D eigenvalue weighted by atomic mass is 9.95. The summed E-state index contributed by atoms with van der Waals surface area (Å²) in [6.45, 7) is 3.51. The lowest BCUT2D eigenvalue weighted by Crippen LogP contribution is -2.28. The molecule has 1 aliphatic heterocycles. The molecule has 4 nitrogen and oxygen atoms in total. The average molecular weight is 334 g/mol. The number of carbonyl (C=O) groups excluding carboxylic acids is 1. The number of carbonyl (C=O) groups is 1. The fourth-order valence-corrected chi connectivity index (χ4v) is 3.35. The number of halogens is 2. The number of rotatable bonds is 5. The number of amides is 1. The molecule has 128 valence electrons. The Kier molecular flexibility index (Phi) is 4.76. The Morgan fingerprint density at radius 3 is 2.88 bits per heavy atom. The van der Waals surface area contributed by atoms with Crippen molar-refractivity contribution >= 4 is 16.8 Å². The van der Waals surface area contributed by atoms with Gasteiger partial charge in [-0.05, 0) is 37.0 Å². The fraction of sp³-hybridized carbons (Fsp3) is 0.444. The third-order valence-corrected chi connectivity index (χ3v) is 4.41. The van der Waals surface area contributed by atoms with Gasteiger partial charge in [-0.3, -0.25) is 9.78 Å². The molecule has 0 radical (unpaired) electrons. The van der Waals surface area contributed by atoms with Crippen molar-refractivity contribution in [3.63, 3.8) is 0 Å². The first-order valence-electron chi connectivity index (χ1n) is 8.00. The summed E-state index contributed by atoms with van der Waals surface area (Å²) >= 11 is 0. The van der Waals surface area contributed by atoms with Crippen LogP contribution in [0.5, 0.6) is 0 Å². The average Bonchev–Trinajstić information content (AvgIpc) is 2.86. The number of aryl methyl sites for hydroxylation is 1. The second kappa shape index (κ2) is 6.81. The van der Waals surface area contributed by atoms with Crippen molar-refractivity contribution in [2.45, 2.75) is 19.8 Å². The summed E-state index contributed by atoms with van der Waals surface area (Å²) in [5, 5.41) is 0.487. The van der Waals surface area contributed by atoms with Crippen molar-refractivity contribution < 1.29 is 18.3 Å². The van der Waals surface area contributed by atoms with Gasteiger partial charge in [-0.15, -0.1) is 0 Å². The highest BCUT2D eigenvalue weighted by atomic mass is 19.1. The number of benzene rings is 1. The van der Waals surface area contributed by atoms with E-state index in [1.807, 2.05) is 6.07 Å². The van der Waals surface area contributed by atoms with Gasteiger partial charge in [0.1, 0.15) is 11.3 Å². The Balaban J connectivity index is 1.87. The summed E-state index contributed by atoms with van der Waals surface area (Å²) in [7, 11) is 1.60. The summed E-state index contributed by atoms with van der Waals surface area (Å²) < 4.78 is 32.6. The molecule has 1 aromatic carbocycles. The van der Waals surface area contributed by atoms with Crippen LogP contribution < -0.4 is 0 Å². The van der Waals surface area contributed by atoms with Gasteiger partial charge in [0.15, 0.2) is 5.82 Å². The van der Waals surface area contributed by atoms with Crippen LogP contribution in [0.15, 0.2) is 18.2 Å². The molecule has 1 saturated heterocycles. The molecular weight excluding hydrogens is 314 g/mol. The van der Waals surface area contributed by atoms with Crippen LogP contribution in [0.1, 0.15) is 17.7 Å². The first-order valence-corrected chi connectivity index (χ1v) is 8.00. The van der Waals surface area contributed by atoms with Gasteiger partial charge in [-0.25, -0.2) is 8.78 Å². The van der Waals surface area contributed by atoms with Crippen molar-refractivity contribution in [3.8, 4) is 0 Å². The molecule has 1 aliphatic rings. The number of pyridine rings is 1. The van der Waals surface area contributed by atoms with Gasteiger partial charge in [-0.1, -0.05) is 0 Å². The van der Waals surface area contributed by atoms with Crippen LogP contribution in [0.2, 0.25) is 0 Å². The normalized spacial score (nSPS) is 17.9. The Hall–Kier alpha value is -2.08. The molecule has 0 aliphatic carbocycles. The molecule has 2 heterocycles. The number of ether oxygens (including phenoxy) is 1. The van der Waals surface area contributed by atoms with E-state index in [1.54, 1.807) is 18.9 Å². The maximum Gasteiger partial charge on any atom is 0.223 e. The predicted octanol–water partition coefficient (Wildman–Crippen LogP) is 2.86. The topological polar surface area (TPSA) is 42.4 Å². The maximum atomic E-state index is 14.0. The quantitative estimate of drug-likeness (QED) is 0.844. The number of methoxy groups -OCH3 is 1. The van der Waals surface area contributed by atoms with E-state index < -0.39 is 11.6 Å². The van der Waals surface area contributed by atoms with Crippen molar-refractivity contribution in [2.24, 2.45) is 5.92 Å². The molecular formula is C18H20F2N2O2. The van der Waals surface area contributed by atoms with E-state index in [4.69, 9.17) is 4.74 Å². The van der Waals surface area contributed by atoms with Crippen molar-refractivity contribution in [3.05, 3.63) is 41.1 Å². The molecule has 0 saturated carbocycles.